The molecule has 1 aromatic heterocycles. The molecule has 0 radical (unpaired) electrons. The van der Waals surface area contributed by atoms with Crippen LogP contribution in [0.3, 0.4) is 0 Å². The van der Waals surface area contributed by atoms with Gasteiger partial charge in [0, 0.05) is 0 Å². The molecule has 0 bridgehead atoms. The lowest BCUT2D eigenvalue weighted by Crippen LogP contribution is -2.04. The van der Waals surface area contributed by atoms with Gasteiger partial charge in [0.2, 0.25) is 0 Å². The summed E-state index contributed by atoms with van der Waals surface area (Å²) in [5, 5.41) is 7.63. The molecule has 0 aliphatic heterocycles. The van der Waals surface area contributed by atoms with E-state index in [0.29, 0.717) is 22.3 Å². The lowest BCUT2D eigenvalue weighted by molar-refractivity contribution is 0.0519. The maximum Gasteiger partial charge on any atom is 0.358 e. The summed E-state index contributed by atoms with van der Waals surface area (Å²) in [5.74, 6) is -0.446. The minimum atomic E-state index is -0.446. The molecule has 2 rings (SSSR count). The molecule has 0 saturated heterocycles. The zero-order chi connectivity index (χ0) is 14.5. The average Bonchev–Trinajstić information content (AvgIpc) is 2.89. The van der Waals surface area contributed by atoms with E-state index in [2.05, 4.69) is 10.2 Å². The molecular formula is C14H12Cl2N2O2. The Morgan fingerprint density at radius 1 is 1.30 bits per heavy atom. The molecule has 0 aliphatic rings. The van der Waals surface area contributed by atoms with Gasteiger partial charge in [0.25, 0.3) is 0 Å². The van der Waals surface area contributed by atoms with Gasteiger partial charge in [-0.15, -0.1) is 0 Å². The number of rotatable bonds is 4. The summed E-state index contributed by atoms with van der Waals surface area (Å²) in [6, 6.07) is 6.93. The van der Waals surface area contributed by atoms with Gasteiger partial charge in [-0.25, -0.2) is 4.79 Å². The summed E-state index contributed by atoms with van der Waals surface area (Å²) in [4.78, 5) is 11.5. The second kappa shape index (κ2) is 6.59. The van der Waals surface area contributed by atoms with E-state index in [4.69, 9.17) is 27.9 Å². The van der Waals surface area contributed by atoms with Crippen molar-refractivity contribution in [3.63, 3.8) is 0 Å². The number of carbonyl (C=O) groups is 1. The highest BCUT2D eigenvalue weighted by Crippen LogP contribution is 2.23. The standard InChI is InChI=1S/C14H12Cl2N2O2/c1-2-20-14(19)13-8-10(17-18-13)5-3-9-4-6-11(15)12(16)7-9/h3-8H,2H2,1H3,(H,17,18)/b5-3+. The SMILES string of the molecule is CCOC(=O)c1cc(/C=C/c2ccc(Cl)c(Cl)c2)[nH]n1. The predicted molar refractivity (Wildman–Crippen MR) is 79.9 cm³/mol. The molecule has 0 fully saturated rings. The van der Waals surface area contributed by atoms with E-state index in [0.717, 1.165) is 5.56 Å². The number of esters is 1. The van der Waals surface area contributed by atoms with E-state index in [9.17, 15) is 4.79 Å². The van der Waals surface area contributed by atoms with E-state index in [1.165, 1.54) is 0 Å². The van der Waals surface area contributed by atoms with E-state index in [-0.39, 0.29) is 5.69 Å². The van der Waals surface area contributed by atoms with E-state index < -0.39 is 5.97 Å². The minimum Gasteiger partial charge on any atom is -0.461 e. The van der Waals surface area contributed by atoms with Crippen LogP contribution in [0.25, 0.3) is 12.2 Å². The van der Waals surface area contributed by atoms with Crippen molar-refractivity contribution in [2.75, 3.05) is 6.61 Å². The molecule has 0 aliphatic carbocycles. The van der Waals surface area contributed by atoms with Crippen molar-refractivity contribution in [1.82, 2.24) is 10.2 Å². The van der Waals surface area contributed by atoms with Gasteiger partial charge >= 0.3 is 5.97 Å². The largest absolute Gasteiger partial charge is 0.461 e. The van der Waals surface area contributed by atoms with Crippen molar-refractivity contribution in [3.05, 3.63) is 51.3 Å². The molecule has 4 nitrogen and oxygen atoms in total. The Hall–Kier alpha value is -1.78. The third kappa shape index (κ3) is 3.62. The number of benzene rings is 1. The molecule has 0 amide bonds. The van der Waals surface area contributed by atoms with Gasteiger partial charge in [0.15, 0.2) is 5.69 Å². The van der Waals surface area contributed by atoms with Gasteiger partial charge in [0.1, 0.15) is 0 Å². The van der Waals surface area contributed by atoms with Crippen molar-refractivity contribution >= 4 is 41.3 Å². The van der Waals surface area contributed by atoms with Gasteiger partial charge in [-0.1, -0.05) is 35.3 Å². The van der Waals surface area contributed by atoms with E-state index >= 15 is 0 Å². The zero-order valence-electron chi connectivity index (χ0n) is 10.7. The lowest BCUT2D eigenvalue weighted by Gasteiger charge is -1.97. The Morgan fingerprint density at radius 3 is 2.80 bits per heavy atom. The molecule has 0 saturated carbocycles. The number of carbonyl (C=O) groups excluding carboxylic acids is 1. The minimum absolute atomic E-state index is 0.251. The fourth-order valence-electron chi connectivity index (χ4n) is 1.53. The van der Waals surface area contributed by atoms with Crippen LogP contribution in [0.1, 0.15) is 28.7 Å². The van der Waals surface area contributed by atoms with Crippen LogP contribution in [-0.4, -0.2) is 22.8 Å². The number of ether oxygens (including phenoxy) is 1. The Balaban J connectivity index is 2.11. The zero-order valence-corrected chi connectivity index (χ0v) is 12.2. The first-order chi connectivity index (χ1) is 9.60. The lowest BCUT2D eigenvalue weighted by atomic mass is 10.2. The van der Waals surface area contributed by atoms with Crippen LogP contribution in [0.4, 0.5) is 0 Å². The molecule has 1 N–H and O–H groups in total. The third-order valence-corrected chi connectivity index (χ3v) is 3.22. The summed E-state index contributed by atoms with van der Waals surface area (Å²) in [6.45, 7) is 2.07. The summed E-state index contributed by atoms with van der Waals surface area (Å²) >= 11 is 11.8. The molecule has 104 valence electrons. The fourth-order valence-corrected chi connectivity index (χ4v) is 1.84. The Bertz CT molecular complexity index is 650. The quantitative estimate of drug-likeness (QED) is 0.866. The summed E-state index contributed by atoms with van der Waals surface area (Å²) in [6.07, 6.45) is 3.62. The maximum atomic E-state index is 11.5. The first kappa shape index (κ1) is 14.6. The summed E-state index contributed by atoms with van der Waals surface area (Å²) < 4.78 is 4.86. The molecule has 0 spiro atoms. The topological polar surface area (TPSA) is 55.0 Å². The molecule has 1 heterocycles. The number of halogens is 2. The van der Waals surface area contributed by atoms with E-state index in [1.54, 1.807) is 31.2 Å². The molecule has 20 heavy (non-hydrogen) atoms. The number of hydrogen-bond acceptors (Lipinski definition) is 3. The molecule has 0 atom stereocenters. The number of aromatic amines is 1. The van der Waals surface area contributed by atoms with Crippen LogP contribution in [0.5, 0.6) is 0 Å². The second-order valence-corrected chi connectivity index (χ2v) is 4.75. The fraction of sp³-hybridized carbons (Fsp3) is 0.143. The van der Waals surface area contributed by atoms with Gasteiger partial charge < -0.3 is 4.74 Å². The monoisotopic (exact) mass is 310 g/mol. The van der Waals surface area contributed by atoms with Crippen molar-refractivity contribution < 1.29 is 9.53 Å². The number of nitrogens with zero attached hydrogens (tertiary/aromatic N) is 1. The number of aromatic nitrogens is 2. The van der Waals surface area contributed by atoms with Crippen LogP contribution in [0, 0.1) is 0 Å². The molecular weight excluding hydrogens is 299 g/mol. The molecule has 2 aromatic rings. The van der Waals surface area contributed by atoms with Crippen LogP contribution < -0.4 is 0 Å². The Kier molecular flexibility index (Phi) is 4.82. The maximum absolute atomic E-state index is 11.5. The Labute approximate surface area is 126 Å². The smallest absolute Gasteiger partial charge is 0.358 e. The first-order valence-electron chi connectivity index (χ1n) is 5.96. The molecule has 6 heteroatoms. The van der Waals surface area contributed by atoms with Crippen LogP contribution >= 0.6 is 23.2 Å². The normalized spacial score (nSPS) is 10.9. The highest BCUT2D eigenvalue weighted by atomic mass is 35.5. The second-order valence-electron chi connectivity index (χ2n) is 3.94. The summed E-state index contributed by atoms with van der Waals surface area (Å²) in [7, 11) is 0. The third-order valence-electron chi connectivity index (χ3n) is 2.48. The van der Waals surface area contributed by atoms with Crippen LogP contribution in [0.15, 0.2) is 24.3 Å². The van der Waals surface area contributed by atoms with Crippen molar-refractivity contribution in [2.24, 2.45) is 0 Å². The van der Waals surface area contributed by atoms with Gasteiger partial charge in [-0.05, 0) is 36.8 Å². The van der Waals surface area contributed by atoms with Crippen LogP contribution in [0.2, 0.25) is 10.0 Å². The van der Waals surface area contributed by atoms with Crippen molar-refractivity contribution in [1.29, 1.82) is 0 Å². The predicted octanol–water partition coefficient (Wildman–Crippen LogP) is 4.06. The Morgan fingerprint density at radius 2 is 2.10 bits per heavy atom. The van der Waals surface area contributed by atoms with Gasteiger partial charge in [0.05, 0.1) is 22.3 Å². The first-order valence-corrected chi connectivity index (χ1v) is 6.71. The van der Waals surface area contributed by atoms with Crippen LogP contribution in [-0.2, 0) is 4.74 Å². The molecule has 0 unspecified atom stereocenters. The molecule has 1 aromatic carbocycles. The van der Waals surface area contributed by atoms with Gasteiger partial charge in [-0.2, -0.15) is 5.10 Å². The van der Waals surface area contributed by atoms with E-state index in [1.807, 2.05) is 12.1 Å². The van der Waals surface area contributed by atoms with Gasteiger partial charge in [-0.3, -0.25) is 5.10 Å². The average molecular weight is 311 g/mol. The number of nitrogens with one attached hydrogen (secondary N) is 1. The van der Waals surface area contributed by atoms with Crippen molar-refractivity contribution in [2.45, 2.75) is 6.92 Å². The number of hydrogen-bond donors (Lipinski definition) is 1. The van der Waals surface area contributed by atoms with Crippen molar-refractivity contribution in [3.8, 4) is 0 Å². The summed E-state index contributed by atoms with van der Waals surface area (Å²) in [5.41, 5.74) is 1.84. The highest BCUT2D eigenvalue weighted by Gasteiger charge is 2.09. The number of H-pyrrole nitrogens is 1. The highest BCUT2D eigenvalue weighted by molar-refractivity contribution is 6.42.